The second-order valence-corrected chi connectivity index (χ2v) is 4.00. The van der Waals surface area contributed by atoms with Crippen LogP contribution in [0.1, 0.15) is 5.56 Å². The van der Waals surface area contributed by atoms with Crippen molar-refractivity contribution in [3.8, 4) is 5.75 Å². The summed E-state index contributed by atoms with van der Waals surface area (Å²) in [7, 11) is 3.72. The molecule has 1 rings (SSSR count). The molecule has 1 N–H and O–H groups in total. The van der Waals surface area contributed by atoms with Gasteiger partial charge in [0, 0.05) is 6.07 Å². The van der Waals surface area contributed by atoms with Gasteiger partial charge in [0.1, 0.15) is 17.3 Å². The number of carbonyl (C=O) groups excluding carboxylic acids is 2. The monoisotopic (exact) mass is 297 g/mol. The molecular weight excluding hydrogens is 281 g/mol. The summed E-state index contributed by atoms with van der Waals surface area (Å²) < 4.78 is 27.7. The van der Waals surface area contributed by atoms with Crippen molar-refractivity contribution in [1.29, 1.82) is 0 Å². The Balaban J connectivity index is 3.20. The molecule has 0 spiro atoms. The normalized spacial score (nSPS) is 10.8. The van der Waals surface area contributed by atoms with Crippen LogP contribution in [0.15, 0.2) is 23.9 Å². The van der Waals surface area contributed by atoms with Gasteiger partial charge in [0.15, 0.2) is 0 Å². The topological polar surface area (TPSA) is 73.9 Å². The molecular formula is C14H16FNO5. The third kappa shape index (κ3) is 4.20. The number of nitrogens with one attached hydrogen (secondary N) is 1. The molecule has 7 heteroatoms. The molecule has 6 nitrogen and oxygen atoms in total. The summed E-state index contributed by atoms with van der Waals surface area (Å²) in [6.45, 7) is 1.58. The quantitative estimate of drug-likeness (QED) is 0.659. The van der Waals surface area contributed by atoms with Crippen molar-refractivity contribution in [1.82, 2.24) is 0 Å². The molecule has 0 heterocycles. The Hall–Kier alpha value is -2.57. The first kappa shape index (κ1) is 16.5. The van der Waals surface area contributed by atoms with E-state index in [2.05, 4.69) is 14.8 Å². The van der Waals surface area contributed by atoms with E-state index in [0.29, 0.717) is 11.3 Å². The van der Waals surface area contributed by atoms with Crippen LogP contribution >= 0.6 is 0 Å². The van der Waals surface area contributed by atoms with E-state index in [1.807, 2.05) is 0 Å². The summed E-state index contributed by atoms with van der Waals surface area (Å²) in [5.41, 5.74) is 0.362. The summed E-state index contributed by atoms with van der Waals surface area (Å²) in [5, 5.41) is 2.60. The second kappa shape index (κ2) is 7.28. The number of methoxy groups -OCH3 is 3. The Kier molecular flexibility index (Phi) is 5.71. The fourth-order valence-electron chi connectivity index (χ4n) is 1.50. The summed E-state index contributed by atoms with van der Waals surface area (Å²) in [6.07, 6.45) is 0.906. The van der Waals surface area contributed by atoms with E-state index in [-0.39, 0.29) is 11.4 Å². The highest BCUT2D eigenvalue weighted by molar-refractivity contribution is 5.99. The molecule has 0 atom stereocenters. The number of carbonyl (C=O) groups is 2. The van der Waals surface area contributed by atoms with Gasteiger partial charge in [0.05, 0.1) is 33.1 Å². The summed E-state index contributed by atoms with van der Waals surface area (Å²) >= 11 is 0. The van der Waals surface area contributed by atoms with Crippen LogP contribution < -0.4 is 10.1 Å². The molecule has 0 aromatic heterocycles. The number of halogens is 1. The first-order valence-corrected chi connectivity index (χ1v) is 5.92. The molecule has 0 bridgehead atoms. The molecule has 21 heavy (non-hydrogen) atoms. The number of anilines is 1. The zero-order valence-corrected chi connectivity index (χ0v) is 12.2. The lowest BCUT2D eigenvalue weighted by atomic mass is 10.2. The van der Waals surface area contributed by atoms with Gasteiger partial charge in [-0.25, -0.2) is 14.0 Å². The van der Waals surface area contributed by atoms with Crippen LogP contribution in [0.5, 0.6) is 5.75 Å². The Labute approximate surface area is 121 Å². The van der Waals surface area contributed by atoms with E-state index in [0.717, 1.165) is 19.3 Å². The van der Waals surface area contributed by atoms with Crippen molar-refractivity contribution in [2.45, 2.75) is 6.92 Å². The van der Waals surface area contributed by atoms with Crippen LogP contribution in [0.25, 0.3) is 0 Å². The first-order chi connectivity index (χ1) is 9.92. The van der Waals surface area contributed by atoms with Gasteiger partial charge < -0.3 is 19.5 Å². The molecule has 0 aliphatic heterocycles. The lowest BCUT2D eigenvalue weighted by Crippen LogP contribution is -2.16. The highest BCUT2D eigenvalue weighted by Crippen LogP contribution is 2.28. The second-order valence-electron chi connectivity index (χ2n) is 4.00. The minimum absolute atomic E-state index is 0.182. The largest absolute Gasteiger partial charge is 0.495 e. The zero-order chi connectivity index (χ0) is 16.0. The van der Waals surface area contributed by atoms with Crippen LogP contribution in [0.4, 0.5) is 10.1 Å². The predicted octanol–water partition coefficient (Wildman–Crippen LogP) is 1.78. The molecule has 0 radical (unpaired) electrons. The lowest BCUT2D eigenvalue weighted by Gasteiger charge is -2.13. The third-order valence-corrected chi connectivity index (χ3v) is 2.62. The van der Waals surface area contributed by atoms with Gasteiger partial charge in [0.2, 0.25) is 0 Å². The highest BCUT2D eigenvalue weighted by atomic mass is 19.1. The Bertz CT molecular complexity index is 583. The smallest absolute Gasteiger partial charge is 0.354 e. The maximum atomic E-state index is 13.6. The van der Waals surface area contributed by atoms with Gasteiger partial charge in [-0.2, -0.15) is 0 Å². The lowest BCUT2D eigenvalue weighted by molar-refractivity contribution is -0.138. The van der Waals surface area contributed by atoms with Gasteiger partial charge in [-0.1, -0.05) is 0 Å². The maximum absolute atomic E-state index is 13.6. The molecule has 0 saturated carbocycles. The van der Waals surface area contributed by atoms with E-state index >= 15 is 0 Å². The van der Waals surface area contributed by atoms with Crippen LogP contribution in [-0.4, -0.2) is 33.3 Å². The number of aryl methyl sites for hydroxylation is 1. The standard InChI is InChI=1S/C14H16FNO5/c1-8-5-12(19-2)10(6-9(8)15)16-11(14(18)21-4)7-13(17)20-3/h5-7,16H,1-4H3/b11-7+. The minimum Gasteiger partial charge on any atom is -0.495 e. The number of rotatable bonds is 5. The Morgan fingerprint density at radius 1 is 1.19 bits per heavy atom. The number of hydrogen-bond acceptors (Lipinski definition) is 6. The number of benzene rings is 1. The predicted molar refractivity (Wildman–Crippen MR) is 73.4 cm³/mol. The Morgan fingerprint density at radius 2 is 1.86 bits per heavy atom. The molecule has 1 aromatic carbocycles. The van der Waals surface area contributed by atoms with Crippen LogP contribution in [0, 0.1) is 12.7 Å². The maximum Gasteiger partial charge on any atom is 0.354 e. The van der Waals surface area contributed by atoms with Crippen molar-refractivity contribution in [2.24, 2.45) is 0 Å². The van der Waals surface area contributed by atoms with Gasteiger partial charge >= 0.3 is 11.9 Å². The Morgan fingerprint density at radius 3 is 2.38 bits per heavy atom. The third-order valence-electron chi connectivity index (χ3n) is 2.62. The van der Waals surface area contributed by atoms with Gasteiger partial charge in [0.25, 0.3) is 0 Å². The molecule has 1 aromatic rings. The SMILES string of the molecule is COC(=O)/C=C(/Nc1cc(F)c(C)cc1OC)C(=O)OC. The summed E-state index contributed by atoms with van der Waals surface area (Å²) in [5.74, 6) is -1.73. The number of ether oxygens (including phenoxy) is 3. The fourth-order valence-corrected chi connectivity index (χ4v) is 1.50. The van der Waals surface area contributed by atoms with Crippen molar-refractivity contribution in [2.75, 3.05) is 26.6 Å². The molecule has 114 valence electrons. The van der Waals surface area contributed by atoms with Gasteiger partial charge in [-0.05, 0) is 18.6 Å². The van der Waals surface area contributed by atoms with Crippen molar-refractivity contribution in [3.63, 3.8) is 0 Å². The van der Waals surface area contributed by atoms with E-state index < -0.39 is 17.8 Å². The van der Waals surface area contributed by atoms with E-state index in [1.165, 1.54) is 20.3 Å². The summed E-state index contributed by atoms with van der Waals surface area (Å²) in [4.78, 5) is 22.9. The van der Waals surface area contributed by atoms with Crippen molar-refractivity contribution in [3.05, 3.63) is 35.3 Å². The average Bonchev–Trinajstić information content (AvgIpc) is 2.48. The van der Waals surface area contributed by atoms with E-state index in [1.54, 1.807) is 6.92 Å². The van der Waals surface area contributed by atoms with Gasteiger partial charge in [-0.15, -0.1) is 0 Å². The fraction of sp³-hybridized carbons (Fsp3) is 0.286. The van der Waals surface area contributed by atoms with Crippen molar-refractivity contribution >= 4 is 17.6 Å². The number of hydrogen-bond donors (Lipinski definition) is 1. The van der Waals surface area contributed by atoms with Gasteiger partial charge in [-0.3, -0.25) is 0 Å². The molecule has 0 unspecified atom stereocenters. The average molecular weight is 297 g/mol. The molecule has 0 aliphatic carbocycles. The minimum atomic E-state index is -0.802. The van der Waals surface area contributed by atoms with Crippen molar-refractivity contribution < 1.29 is 28.2 Å². The molecule has 0 aliphatic rings. The van der Waals surface area contributed by atoms with Crippen LogP contribution in [-0.2, 0) is 19.1 Å². The molecule has 0 saturated heterocycles. The molecule has 0 amide bonds. The van der Waals surface area contributed by atoms with Crippen LogP contribution in [0.3, 0.4) is 0 Å². The highest BCUT2D eigenvalue weighted by Gasteiger charge is 2.16. The van der Waals surface area contributed by atoms with Crippen LogP contribution in [0.2, 0.25) is 0 Å². The zero-order valence-electron chi connectivity index (χ0n) is 12.2. The van der Waals surface area contributed by atoms with E-state index in [9.17, 15) is 14.0 Å². The summed E-state index contributed by atoms with van der Waals surface area (Å²) in [6, 6.07) is 2.62. The number of esters is 2. The molecule has 0 fully saturated rings. The first-order valence-electron chi connectivity index (χ1n) is 5.92. The van der Waals surface area contributed by atoms with E-state index in [4.69, 9.17) is 4.74 Å².